The number of benzene rings is 1. The summed E-state index contributed by atoms with van der Waals surface area (Å²) >= 11 is 5.83. The van der Waals surface area contributed by atoms with Crippen molar-refractivity contribution in [2.45, 2.75) is 13.0 Å². The van der Waals surface area contributed by atoms with Gasteiger partial charge in [-0.15, -0.1) is 0 Å². The molecule has 1 aromatic rings. The minimum absolute atomic E-state index is 0.0117. The molecule has 0 N–H and O–H groups in total. The molecule has 6 nitrogen and oxygen atoms in total. The highest BCUT2D eigenvalue weighted by atomic mass is 35.5. The number of likely N-dealkylation sites (N-methyl/N-ethyl adjacent to an activating group) is 1. The van der Waals surface area contributed by atoms with Gasteiger partial charge in [0.2, 0.25) is 0 Å². The molecule has 0 aromatic heterocycles. The highest BCUT2D eigenvalue weighted by molar-refractivity contribution is 6.32. The molecular formula is C13H17ClN2O4. The second-order valence-electron chi connectivity index (χ2n) is 4.57. The fourth-order valence-electron chi connectivity index (χ4n) is 2.08. The van der Waals surface area contributed by atoms with E-state index in [1.54, 1.807) is 6.07 Å². The molecule has 0 radical (unpaired) electrons. The summed E-state index contributed by atoms with van der Waals surface area (Å²) in [5, 5.41) is 10.7. The Kier molecular flexibility index (Phi) is 5.17. The summed E-state index contributed by atoms with van der Waals surface area (Å²) < 4.78 is 11.2. The molecule has 1 aliphatic rings. The Hall–Kier alpha value is -1.37. The minimum Gasteiger partial charge on any atom is -0.491 e. The predicted octanol–water partition coefficient (Wildman–Crippen LogP) is 2.35. The summed E-state index contributed by atoms with van der Waals surface area (Å²) in [4.78, 5) is 12.4. The van der Waals surface area contributed by atoms with E-state index in [1.807, 2.05) is 0 Å². The Morgan fingerprint density at radius 3 is 3.05 bits per heavy atom. The molecule has 1 atom stereocenters. The lowest BCUT2D eigenvalue weighted by molar-refractivity contribution is -0.384. The van der Waals surface area contributed by atoms with E-state index in [-0.39, 0.29) is 16.8 Å². The lowest BCUT2D eigenvalue weighted by Gasteiger charge is -2.31. The van der Waals surface area contributed by atoms with Gasteiger partial charge in [0, 0.05) is 25.2 Å². The molecule has 110 valence electrons. The van der Waals surface area contributed by atoms with Crippen LogP contribution >= 0.6 is 11.6 Å². The molecule has 1 aromatic carbocycles. The molecule has 1 unspecified atom stereocenters. The molecule has 1 saturated heterocycles. The first-order valence-electron chi connectivity index (χ1n) is 6.51. The SMILES string of the molecule is CCN1CCOC(COc2ccc([N+](=O)[O-])c(Cl)c2)C1. The first-order chi connectivity index (χ1) is 9.60. The molecule has 1 aliphatic heterocycles. The van der Waals surface area contributed by atoms with Crippen molar-refractivity contribution in [1.82, 2.24) is 4.90 Å². The van der Waals surface area contributed by atoms with Gasteiger partial charge in [-0.1, -0.05) is 18.5 Å². The Bertz CT molecular complexity index is 483. The van der Waals surface area contributed by atoms with E-state index >= 15 is 0 Å². The number of halogens is 1. The van der Waals surface area contributed by atoms with Crippen molar-refractivity contribution in [3.8, 4) is 5.75 Å². The molecule has 0 bridgehead atoms. The van der Waals surface area contributed by atoms with Crippen molar-refractivity contribution in [3.05, 3.63) is 33.3 Å². The molecule has 0 aliphatic carbocycles. The van der Waals surface area contributed by atoms with Gasteiger partial charge in [-0.2, -0.15) is 0 Å². The Balaban J connectivity index is 1.91. The van der Waals surface area contributed by atoms with E-state index < -0.39 is 4.92 Å². The van der Waals surface area contributed by atoms with Gasteiger partial charge in [-0.3, -0.25) is 15.0 Å². The van der Waals surface area contributed by atoms with Crippen molar-refractivity contribution in [2.24, 2.45) is 0 Å². The number of hydrogen-bond donors (Lipinski definition) is 0. The average molecular weight is 301 g/mol. The van der Waals surface area contributed by atoms with Crippen LogP contribution < -0.4 is 4.74 Å². The Labute approximate surface area is 122 Å². The number of nitro benzene ring substituents is 1. The van der Waals surface area contributed by atoms with Crippen LogP contribution in [0.15, 0.2) is 18.2 Å². The summed E-state index contributed by atoms with van der Waals surface area (Å²) in [5.41, 5.74) is -0.120. The van der Waals surface area contributed by atoms with Crippen molar-refractivity contribution >= 4 is 17.3 Å². The monoisotopic (exact) mass is 300 g/mol. The van der Waals surface area contributed by atoms with Gasteiger partial charge in [-0.05, 0) is 12.6 Å². The van der Waals surface area contributed by atoms with E-state index in [9.17, 15) is 10.1 Å². The van der Waals surface area contributed by atoms with E-state index in [0.717, 1.165) is 19.6 Å². The molecule has 1 fully saturated rings. The van der Waals surface area contributed by atoms with Gasteiger partial charge in [0.05, 0.1) is 11.5 Å². The van der Waals surface area contributed by atoms with Crippen molar-refractivity contribution in [3.63, 3.8) is 0 Å². The topological polar surface area (TPSA) is 64.8 Å². The van der Waals surface area contributed by atoms with Crippen molar-refractivity contribution in [1.29, 1.82) is 0 Å². The van der Waals surface area contributed by atoms with Crippen LogP contribution in [-0.4, -0.2) is 48.8 Å². The quantitative estimate of drug-likeness (QED) is 0.617. The average Bonchev–Trinajstić information content (AvgIpc) is 2.45. The normalized spacial score (nSPS) is 19.8. The Morgan fingerprint density at radius 2 is 2.40 bits per heavy atom. The van der Waals surface area contributed by atoms with Gasteiger partial charge in [0.1, 0.15) is 23.5 Å². The zero-order chi connectivity index (χ0) is 14.5. The Morgan fingerprint density at radius 1 is 1.60 bits per heavy atom. The third-order valence-corrected chi connectivity index (χ3v) is 3.52. The fourth-order valence-corrected chi connectivity index (χ4v) is 2.32. The maximum Gasteiger partial charge on any atom is 0.288 e. The standard InChI is InChI=1S/C13H17ClN2O4/c1-2-15-5-6-19-11(8-15)9-20-10-3-4-13(16(17)18)12(14)7-10/h3-4,7,11H,2,5-6,8-9H2,1H3. The minimum atomic E-state index is -0.518. The highest BCUT2D eigenvalue weighted by Crippen LogP contribution is 2.28. The lowest BCUT2D eigenvalue weighted by Crippen LogP contribution is -2.44. The second-order valence-corrected chi connectivity index (χ2v) is 4.97. The van der Waals surface area contributed by atoms with Crippen LogP contribution in [0.3, 0.4) is 0 Å². The zero-order valence-electron chi connectivity index (χ0n) is 11.3. The molecule has 2 rings (SSSR count). The highest BCUT2D eigenvalue weighted by Gasteiger charge is 2.20. The largest absolute Gasteiger partial charge is 0.491 e. The summed E-state index contributed by atoms with van der Waals surface area (Å²) in [7, 11) is 0. The first-order valence-corrected chi connectivity index (χ1v) is 6.88. The second kappa shape index (κ2) is 6.88. The maximum absolute atomic E-state index is 10.7. The van der Waals surface area contributed by atoms with Gasteiger partial charge in [0.25, 0.3) is 5.69 Å². The summed E-state index contributed by atoms with van der Waals surface area (Å²) in [6, 6.07) is 4.35. The maximum atomic E-state index is 10.7. The van der Waals surface area contributed by atoms with E-state index in [1.165, 1.54) is 12.1 Å². The lowest BCUT2D eigenvalue weighted by atomic mass is 10.2. The van der Waals surface area contributed by atoms with Crippen LogP contribution in [0.1, 0.15) is 6.92 Å². The van der Waals surface area contributed by atoms with E-state index in [2.05, 4.69) is 11.8 Å². The number of nitro groups is 1. The van der Waals surface area contributed by atoms with E-state index in [4.69, 9.17) is 21.1 Å². The summed E-state index contributed by atoms with van der Waals surface area (Å²) in [6.07, 6.45) is 0.0117. The van der Waals surface area contributed by atoms with Crippen LogP contribution in [-0.2, 0) is 4.74 Å². The third-order valence-electron chi connectivity index (χ3n) is 3.22. The van der Waals surface area contributed by atoms with Gasteiger partial charge in [-0.25, -0.2) is 0 Å². The first kappa shape index (κ1) is 15.0. The molecular weight excluding hydrogens is 284 g/mol. The van der Waals surface area contributed by atoms with Crippen molar-refractivity contribution < 1.29 is 14.4 Å². The van der Waals surface area contributed by atoms with Crippen LogP contribution in [0.25, 0.3) is 0 Å². The summed E-state index contributed by atoms with van der Waals surface area (Å²) in [5.74, 6) is 0.512. The molecule has 0 amide bonds. The van der Waals surface area contributed by atoms with Gasteiger partial charge < -0.3 is 9.47 Å². The molecule has 20 heavy (non-hydrogen) atoms. The molecule has 7 heteroatoms. The molecule has 0 spiro atoms. The van der Waals surface area contributed by atoms with Crippen LogP contribution in [0.5, 0.6) is 5.75 Å². The zero-order valence-corrected chi connectivity index (χ0v) is 12.0. The molecule has 0 saturated carbocycles. The number of rotatable bonds is 5. The third kappa shape index (κ3) is 3.82. The van der Waals surface area contributed by atoms with Gasteiger partial charge >= 0.3 is 0 Å². The summed E-state index contributed by atoms with van der Waals surface area (Å²) in [6.45, 7) is 5.98. The number of ether oxygens (including phenoxy) is 2. The molecule has 1 heterocycles. The van der Waals surface area contributed by atoms with Crippen LogP contribution in [0, 0.1) is 10.1 Å². The van der Waals surface area contributed by atoms with Crippen LogP contribution in [0.4, 0.5) is 5.69 Å². The number of hydrogen-bond acceptors (Lipinski definition) is 5. The number of nitrogens with zero attached hydrogens (tertiary/aromatic N) is 2. The van der Waals surface area contributed by atoms with Crippen LogP contribution in [0.2, 0.25) is 5.02 Å². The van der Waals surface area contributed by atoms with E-state index in [0.29, 0.717) is 19.0 Å². The van der Waals surface area contributed by atoms with Gasteiger partial charge in [0.15, 0.2) is 0 Å². The fraction of sp³-hybridized carbons (Fsp3) is 0.538. The smallest absolute Gasteiger partial charge is 0.288 e. The predicted molar refractivity (Wildman–Crippen MR) is 75.5 cm³/mol. The number of morpholine rings is 1. The van der Waals surface area contributed by atoms with Crippen molar-refractivity contribution in [2.75, 3.05) is 32.8 Å².